The van der Waals surface area contributed by atoms with Gasteiger partial charge in [0.05, 0.1) is 17.8 Å². The molecule has 0 spiro atoms. The van der Waals surface area contributed by atoms with Gasteiger partial charge < -0.3 is 9.47 Å². The minimum absolute atomic E-state index is 0.00785. The molecule has 0 saturated heterocycles. The lowest BCUT2D eigenvalue weighted by Crippen LogP contribution is -2.49. The molecule has 0 saturated carbocycles. The van der Waals surface area contributed by atoms with Crippen LogP contribution in [-0.2, 0) is 0 Å². The Morgan fingerprint density at radius 1 is 1.12 bits per heavy atom. The van der Waals surface area contributed by atoms with Gasteiger partial charge in [-0.15, -0.1) is 0 Å². The first-order valence-electron chi connectivity index (χ1n) is 9.04. The van der Waals surface area contributed by atoms with Gasteiger partial charge in [-0.25, -0.2) is 0 Å². The highest BCUT2D eigenvalue weighted by Gasteiger charge is 2.50. The second kappa shape index (κ2) is 5.13. The maximum Gasteiger partial charge on any atom is 0.228 e. The molecule has 3 heterocycles. The van der Waals surface area contributed by atoms with E-state index in [9.17, 15) is 4.79 Å². The third-order valence-corrected chi connectivity index (χ3v) is 5.81. The van der Waals surface area contributed by atoms with Gasteiger partial charge in [0.25, 0.3) is 0 Å². The first kappa shape index (κ1) is 15.5. The molecule has 2 atom stereocenters. The van der Waals surface area contributed by atoms with E-state index < -0.39 is 5.60 Å². The van der Waals surface area contributed by atoms with E-state index >= 15 is 0 Å². The summed E-state index contributed by atoms with van der Waals surface area (Å²) >= 11 is 0. The number of aromatic nitrogens is 1. The smallest absolute Gasteiger partial charge is 0.228 e. The van der Waals surface area contributed by atoms with Crippen molar-refractivity contribution in [3.63, 3.8) is 0 Å². The number of carbonyl (C=O) groups is 1. The summed E-state index contributed by atoms with van der Waals surface area (Å²) in [6, 6.07) is 16.1. The molecule has 0 N–H and O–H groups in total. The quantitative estimate of drug-likeness (QED) is 0.596. The lowest BCUT2D eigenvalue weighted by molar-refractivity contribution is -0.0142. The van der Waals surface area contributed by atoms with E-state index in [0.29, 0.717) is 6.61 Å². The van der Waals surface area contributed by atoms with Gasteiger partial charge in [-0.3, -0.25) is 9.36 Å². The number of benzene rings is 2. The molecule has 0 amide bonds. The predicted octanol–water partition coefficient (Wildman–Crippen LogP) is 4.61. The zero-order chi connectivity index (χ0) is 18.1. The number of carbonyl (C=O) groups excluding carboxylic acids is 1. The molecule has 0 fully saturated rings. The van der Waals surface area contributed by atoms with Crippen molar-refractivity contribution in [3.8, 4) is 11.5 Å². The summed E-state index contributed by atoms with van der Waals surface area (Å²) in [5, 5.41) is 0.994. The molecular formula is C22H21NO3. The molecule has 0 unspecified atom stereocenters. The summed E-state index contributed by atoms with van der Waals surface area (Å²) < 4.78 is 14.4. The number of fused-ring (bicyclic) bond motifs is 7. The average Bonchev–Trinajstić information content (AvgIpc) is 2.95. The van der Waals surface area contributed by atoms with E-state index in [1.807, 2.05) is 47.0 Å². The van der Waals surface area contributed by atoms with Gasteiger partial charge in [-0.2, -0.15) is 0 Å². The molecule has 5 rings (SSSR count). The van der Waals surface area contributed by atoms with Crippen LogP contribution in [0.4, 0.5) is 0 Å². The van der Waals surface area contributed by atoms with Crippen LogP contribution in [0.5, 0.6) is 11.5 Å². The molecule has 2 aromatic carbocycles. The van der Waals surface area contributed by atoms with Crippen molar-refractivity contribution in [2.75, 3.05) is 6.61 Å². The molecule has 3 aromatic rings. The molecule has 2 aliphatic rings. The maximum absolute atomic E-state index is 12.6. The Kier molecular flexibility index (Phi) is 3.06. The highest BCUT2D eigenvalue weighted by atomic mass is 16.5. The molecule has 26 heavy (non-hydrogen) atoms. The summed E-state index contributed by atoms with van der Waals surface area (Å²) in [5.74, 6) is 1.94. The summed E-state index contributed by atoms with van der Waals surface area (Å²) in [5.41, 5.74) is 2.60. The molecule has 0 bridgehead atoms. The van der Waals surface area contributed by atoms with Crippen LogP contribution in [0.3, 0.4) is 0 Å². The summed E-state index contributed by atoms with van der Waals surface area (Å²) in [6.07, 6.45) is 0. The van der Waals surface area contributed by atoms with Crippen molar-refractivity contribution in [2.24, 2.45) is 5.92 Å². The maximum atomic E-state index is 12.6. The number of para-hydroxylation sites is 2. The standard InChI is InChI=1S/C22H21NO3/c1-13(24)23-17-10-6-4-8-14(17)21-20(23)19-15-9-5-7-11-18(15)25-12-16(19)22(2,3)26-21/h4-11,16,19H,12H2,1-3H3/t16-,19-/m1/s1. The number of rotatable bonds is 0. The molecule has 4 heteroatoms. The Morgan fingerprint density at radius 3 is 2.65 bits per heavy atom. The molecule has 2 aliphatic heterocycles. The van der Waals surface area contributed by atoms with Gasteiger partial charge in [0.2, 0.25) is 5.91 Å². The van der Waals surface area contributed by atoms with E-state index in [0.717, 1.165) is 33.7 Å². The number of hydrogen-bond donors (Lipinski definition) is 0. The molecule has 1 aromatic heterocycles. The highest BCUT2D eigenvalue weighted by molar-refractivity contribution is 5.98. The van der Waals surface area contributed by atoms with Gasteiger partial charge in [0, 0.05) is 29.7 Å². The largest absolute Gasteiger partial charge is 0.493 e. The summed E-state index contributed by atoms with van der Waals surface area (Å²) in [6.45, 7) is 6.43. The second-order valence-electron chi connectivity index (χ2n) is 7.72. The number of hydrogen-bond acceptors (Lipinski definition) is 3. The molecular weight excluding hydrogens is 326 g/mol. The van der Waals surface area contributed by atoms with Crippen molar-refractivity contribution in [2.45, 2.75) is 32.3 Å². The van der Waals surface area contributed by atoms with Gasteiger partial charge in [0.15, 0.2) is 0 Å². The Bertz CT molecular complexity index is 1050. The van der Waals surface area contributed by atoms with Crippen LogP contribution in [0.2, 0.25) is 0 Å². The second-order valence-corrected chi connectivity index (χ2v) is 7.72. The third-order valence-electron chi connectivity index (χ3n) is 5.81. The highest BCUT2D eigenvalue weighted by Crippen LogP contribution is 2.55. The molecule has 132 valence electrons. The lowest BCUT2D eigenvalue weighted by Gasteiger charge is -2.46. The minimum atomic E-state index is -0.392. The van der Waals surface area contributed by atoms with Crippen molar-refractivity contribution < 1.29 is 14.3 Å². The van der Waals surface area contributed by atoms with Gasteiger partial charge in [0.1, 0.15) is 17.1 Å². The van der Waals surface area contributed by atoms with Crippen LogP contribution in [0.1, 0.15) is 42.7 Å². The number of ether oxygens (including phenoxy) is 2. The van der Waals surface area contributed by atoms with Crippen molar-refractivity contribution in [3.05, 3.63) is 59.8 Å². The van der Waals surface area contributed by atoms with Gasteiger partial charge in [-0.05, 0) is 32.0 Å². The lowest BCUT2D eigenvalue weighted by atomic mass is 9.71. The Labute approximate surface area is 152 Å². The molecule has 0 aliphatic carbocycles. The topological polar surface area (TPSA) is 40.5 Å². The van der Waals surface area contributed by atoms with Crippen molar-refractivity contribution >= 4 is 16.8 Å². The summed E-state index contributed by atoms with van der Waals surface area (Å²) in [4.78, 5) is 12.6. The average molecular weight is 347 g/mol. The zero-order valence-electron chi connectivity index (χ0n) is 15.2. The van der Waals surface area contributed by atoms with Crippen LogP contribution in [0.15, 0.2) is 48.5 Å². The van der Waals surface area contributed by atoms with E-state index in [2.05, 4.69) is 19.9 Å². The van der Waals surface area contributed by atoms with Crippen LogP contribution in [-0.4, -0.2) is 22.7 Å². The van der Waals surface area contributed by atoms with Crippen molar-refractivity contribution in [1.29, 1.82) is 0 Å². The fraction of sp³-hybridized carbons (Fsp3) is 0.318. The van der Waals surface area contributed by atoms with Gasteiger partial charge >= 0.3 is 0 Å². The summed E-state index contributed by atoms with van der Waals surface area (Å²) in [7, 11) is 0. The number of nitrogens with zero attached hydrogens (tertiary/aromatic N) is 1. The molecule has 0 radical (unpaired) electrons. The van der Waals surface area contributed by atoms with Gasteiger partial charge in [-0.1, -0.05) is 30.3 Å². The Morgan fingerprint density at radius 2 is 1.85 bits per heavy atom. The molecule has 4 nitrogen and oxygen atoms in total. The third kappa shape index (κ3) is 1.93. The normalized spacial score (nSPS) is 22.6. The van der Waals surface area contributed by atoms with E-state index in [4.69, 9.17) is 9.47 Å². The monoisotopic (exact) mass is 347 g/mol. The van der Waals surface area contributed by atoms with Crippen molar-refractivity contribution in [1.82, 2.24) is 4.57 Å². The fourth-order valence-electron chi connectivity index (χ4n) is 4.60. The predicted molar refractivity (Wildman–Crippen MR) is 100 cm³/mol. The van der Waals surface area contributed by atoms with E-state index in [1.54, 1.807) is 6.92 Å². The Balaban J connectivity index is 1.90. The van der Waals surface area contributed by atoms with E-state index in [-0.39, 0.29) is 17.7 Å². The first-order valence-corrected chi connectivity index (χ1v) is 9.04. The van der Waals surface area contributed by atoms with Crippen LogP contribution in [0.25, 0.3) is 10.9 Å². The zero-order valence-corrected chi connectivity index (χ0v) is 15.2. The van der Waals surface area contributed by atoms with Crippen LogP contribution < -0.4 is 9.47 Å². The fourth-order valence-corrected chi connectivity index (χ4v) is 4.60. The van der Waals surface area contributed by atoms with Crippen LogP contribution in [0, 0.1) is 5.92 Å². The SMILES string of the molecule is CC(=O)n1c2c(c3ccccc31)OC(C)(C)[C@@H]1COc3ccccc3[C@@H]21. The van der Waals surface area contributed by atoms with Crippen LogP contribution >= 0.6 is 0 Å². The first-order chi connectivity index (χ1) is 12.5. The Hall–Kier alpha value is -2.75. The minimum Gasteiger partial charge on any atom is -0.493 e. The van der Waals surface area contributed by atoms with E-state index in [1.165, 1.54) is 0 Å².